The number of phenols is 1. The summed E-state index contributed by atoms with van der Waals surface area (Å²) in [4.78, 5) is 0. The Hall–Kier alpha value is -2.36. The SMILES string of the molecule is Cc1cc(O)cc(/C=C/c2ccc(OC(F)F)cc2)c1. The Morgan fingerprint density at radius 3 is 2.25 bits per heavy atom. The highest BCUT2D eigenvalue weighted by atomic mass is 19.3. The normalized spacial score (nSPS) is 11.2. The van der Waals surface area contributed by atoms with Gasteiger partial charge in [-0.2, -0.15) is 8.78 Å². The molecule has 2 aromatic rings. The van der Waals surface area contributed by atoms with Gasteiger partial charge in [-0.3, -0.25) is 0 Å². The van der Waals surface area contributed by atoms with Crippen LogP contribution in [0.5, 0.6) is 11.5 Å². The summed E-state index contributed by atoms with van der Waals surface area (Å²) in [5.41, 5.74) is 2.69. The molecule has 0 radical (unpaired) electrons. The highest BCUT2D eigenvalue weighted by molar-refractivity contribution is 5.70. The molecule has 20 heavy (non-hydrogen) atoms. The molecule has 0 aliphatic rings. The van der Waals surface area contributed by atoms with E-state index in [1.807, 2.05) is 25.1 Å². The van der Waals surface area contributed by atoms with Gasteiger partial charge in [-0.15, -0.1) is 0 Å². The van der Waals surface area contributed by atoms with Gasteiger partial charge in [0.05, 0.1) is 0 Å². The van der Waals surface area contributed by atoms with Crippen LogP contribution in [0.2, 0.25) is 0 Å². The smallest absolute Gasteiger partial charge is 0.387 e. The van der Waals surface area contributed by atoms with E-state index in [9.17, 15) is 13.9 Å². The van der Waals surface area contributed by atoms with Crippen LogP contribution in [0.15, 0.2) is 42.5 Å². The monoisotopic (exact) mass is 276 g/mol. The van der Waals surface area contributed by atoms with Crippen LogP contribution in [-0.2, 0) is 0 Å². The molecule has 0 saturated carbocycles. The molecule has 4 heteroatoms. The average Bonchev–Trinajstić information content (AvgIpc) is 2.36. The van der Waals surface area contributed by atoms with Crippen LogP contribution >= 0.6 is 0 Å². The molecule has 2 aromatic carbocycles. The maximum Gasteiger partial charge on any atom is 0.387 e. The van der Waals surface area contributed by atoms with E-state index in [-0.39, 0.29) is 11.5 Å². The van der Waals surface area contributed by atoms with E-state index in [4.69, 9.17) is 0 Å². The molecule has 0 spiro atoms. The zero-order valence-electron chi connectivity index (χ0n) is 10.9. The molecular formula is C16H14F2O2. The summed E-state index contributed by atoms with van der Waals surface area (Å²) >= 11 is 0. The van der Waals surface area contributed by atoms with Crippen molar-refractivity contribution in [2.24, 2.45) is 0 Å². The van der Waals surface area contributed by atoms with Crippen molar-refractivity contribution in [3.05, 3.63) is 59.2 Å². The van der Waals surface area contributed by atoms with Crippen molar-refractivity contribution in [1.29, 1.82) is 0 Å². The molecule has 0 heterocycles. The fourth-order valence-electron chi connectivity index (χ4n) is 1.84. The molecule has 1 N–H and O–H groups in total. The number of ether oxygens (including phenoxy) is 1. The predicted molar refractivity (Wildman–Crippen MR) is 74.8 cm³/mol. The first kappa shape index (κ1) is 14.1. The molecular weight excluding hydrogens is 262 g/mol. The molecule has 2 rings (SSSR count). The predicted octanol–water partition coefficient (Wildman–Crippen LogP) is 4.47. The van der Waals surface area contributed by atoms with Gasteiger partial charge in [-0.25, -0.2) is 0 Å². The zero-order chi connectivity index (χ0) is 14.5. The van der Waals surface area contributed by atoms with Crippen LogP contribution in [0.4, 0.5) is 8.78 Å². The summed E-state index contributed by atoms with van der Waals surface area (Å²) in [7, 11) is 0. The maximum atomic E-state index is 12.0. The van der Waals surface area contributed by atoms with Crippen molar-refractivity contribution >= 4 is 12.2 Å². The van der Waals surface area contributed by atoms with Gasteiger partial charge in [0, 0.05) is 0 Å². The van der Waals surface area contributed by atoms with Crippen molar-refractivity contribution in [3.63, 3.8) is 0 Å². The van der Waals surface area contributed by atoms with Gasteiger partial charge in [-0.05, 0) is 47.9 Å². The minimum atomic E-state index is -2.81. The fraction of sp³-hybridized carbons (Fsp3) is 0.125. The van der Waals surface area contributed by atoms with Gasteiger partial charge in [-0.1, -0.05) is 30.4 Å². The quantitative estimate of drug-likeness (QED) is 0.835. The first-order valence-corrected chi connectivity index (χ1v) is 6.06. The molecule has 0 atom stereocenters. The summed E-state index contributed by atoms with van der Waals surface area (Å²) in [5, 5.41) is 9.49. The van der Waals surface area contributed by atoms with E-state index >= 15 is 0 Å². The van der Waals surface area contributed by atoms with Crippen molar-refractivity contribution in [2.75, 3.05) is 0 Å². The lowest BCUT2D eigenvalue weighted by molar-refractivity contribution is -0.0498. The summed E-state index contributed by atoms with van der Waals surface area (Å²) in [5.74, 6) is 0.343. The Labute approximate surface area is 115 Å². The molecule has 0 aliphatic heterocycles. The van der Waals surface area contributed by atoms with Gasteiger partial charge in [0.15, 0.2) is 0 Å². The van der Waals surface area contributed by atoms with Gasteiger partial charge >= 0.3 is 6.61 Å². The Balaban J connectivity index is 2.11. The summed E-state index contributed by atoms with van der Waals surface area (Å²) in [6.07, 6.45) is 3.68. The van der Waals surface area contributed by atoms with E-state index < -0.39 is 6.61 Å². The molecule has 0 saturated heterocycles. The van der Waals surface area contributed by atoms with E-state index in [0.29, 0.717) is 0 Å². The van der Waals surface area contributed by atoms with Gasteiger partial charge in [0.25, 0.3) is 0 Å². The Kier molecular flexibility index (Phi) is 4.35. The Bertz CT molecular complexity index is 584. The van der Waals surface area contributed by atoms with Crippen LogP contribution in [0, 0.1) is 6.92 Å². The first-order chi connectivity index (χ1) is 9.52. The molecule has 2 nitrogen and oxygen atoms in total. The number of alkyl halides is 2. The van der Waals surface area contributed by atoms with Crippen molar-refractivity contribution in [1.82, 2.24) is 0 Å². The lowest BCUT2D eigenvalue weighted by Gasteiger charge is -2.04. The number of aromatic hydroxyl groups is 1. The van der Waals surface area contributed by atoms with E-state index in [0.717, 1.165) is 16.7 Å². The molecule has 0 unspecified atom stereocenters. The second-order valence-electron chi connectivity index (χ2n) is 4.38. The molecule has 104 valence electrons. The highest BCUT2D eigenvalue weighted by Gasteiger charge is 2.02. The lowest BCUT2D eigenvalue weighted by Crippen LogP contribution is -2.01. The maximum absolute atomic E-state index is 12.0. The molecule has 0 amide bonds. The van der Waals surface area contributed by atoms with Gasteiger partial charge < -0.3 is 9.84 Å². The number of hydrogen-bond acceptors (Lipinski definition) is 2. The Morgan fingerprint density at radius 2 is 1.65 bits per heavy atom. The van der Waals surface area contributed by atoms with E-state index in [1.165, 1.54) is 12.1 Å². The number of benzene rings is 2. The average molecular weight is 276 g/mol. The molecule has 0 aliphatic carbocycles. The minimum Gasteiger partial charge on any atom is -0.508 e. The van der Waals surface area contributed by atoms with Crippen molar-refractivity contribution in [2.45, 2.75) is 13.5 Å². The zero-order valence-corrected chi connectivity index (χ0v) is 10.9. The highest BCUT2D eigenvalue weighted by Crippen LogP contribution is 2.19. The largest absolute Gasteiger partial charge is 0.508 e. The van der Waals surface area contributed by atoms with Gasteiger partial charge in [0.2, 0.25) is 0 Å². The van der Waals surface area contributed by atoms with Crippen LogP contribution in [0.25, 0.3) is 12.2 Å². The van der Waals surface area contributed by atoms with Crippen LogP contribution in [-0.4, -0.2) is 11.7 Å². The number of rotatable bonds is 4. The third-order valence-electron chi connectivity index (χ3n) is 2.66. The summed E-state index contributed by atoms with van der Waals surface area (Å²) in [6.45, 7) is -0.917. The standard InChI is InChI=1S/C16H14F2O2/c1-11-8-13(10-14(19)9-11)3-2-12-4-6-15(7-5-12)20-16(17)18/h2-10,16,19H,1H3/b3-2+. The van der Waals surface area contributed by atoms with E-state index in [2.05, 4.69) is 4.74 Å². The van der Waals surface area contributed by atoms with Crippen LogP contribution in [0.3, 0.4) is 0 Å². The minimum absolute atomic E-state index is 0.130. The molecule has 0 aromatic heterocycles. The van der Waals surface area contributed by atoms with E-state index in [1.54, 1.807) is 24.3 Å². The number of hydrogen-bond donors (Lipinski definition) is 1. The summed E-state index contributed by atoms with van der Waals surface area (Å²) < 4.78 is 28.3. The van der Waals surface area contributed by atoms with Crippen molar-refractivity contribution in [3.8, 4) is 11.5 Å². The lowest BCUT2D eigenvalue weighted by atomic mass is 10.1. The molecule has 0 bridgehead atoms. The fourth-order valence-corrected chi connectivity index (χ4v) is 1.84. The Morgan fingerprint density at radius 1 is 1.00 bits per heavy atom. The van der Waals surface area contributed by atoms with Crippen LogP contribution < -0.4 is 4.74 Å². The number of halogens is 2. The number of aryl methyl sites for hydroxylation is 1. The topological polar surface area (TPSA) is 29.5 Å². The van der Waals surface area contributed by atoms with Gasteiger partial charge in [0.1, 0.15) is 11.5 Å². The van der Waals surface area contributed by atoms with Crippen LogP contribution in [0.1, 0.15) is 16.7 Å². The third kappa shape index (κ3) is 4.09. The third-order valence-corrected chi connectivity index (χ3v) is 2.66. The summed E-state index contributed by atoms with van der Waals surface area (Å²) in [6, 6.07) is 11.6. The van der Waals surface area contributed by atoms with Crippen molar-refractivity contribution < 1.29 is 18.6 Å². The second kappa shape index (κ2) is 6.19. The first-order valence-electron chi connectivity index (χ1n) is 6.06. The molecule has 0 fully saturated rings. The number of phenolic OH excluding ortho intramolecular Hbond substituents is 1. The second-order valence-corrected chi connectivity index (χ2v) is 4.38.